The Morgan fingerprint density at radius 2 is 2.00 bits per heavy atom. The third kappa shape index (κ3) is 1.91. The number of aromatic amines is 1. The Morgan fingerprint density at radius 3 is 2.78 bits per heavy atom. The molecule has 0 aliphatic heterocycles. The van der Waals surface area contributed by atoms with Gasteiger partial charge >= 0.3 is 0 Å². The van der Waals surface area contributed by atoms with Crippen LogP contribution in [0.15, 0.2) is 24.3 Å². The minimum absolute atomic E-state index is 0.560. The zero-order chi connectivity index (χ0) is 12.7. The summed E-state index contributed by atoms with van der Waals surface area (Å²) in [6.07, 6.45) is 3.88. The Bertz CT molecular complexity index is 610. The highest BCUT2D eigenvalue weighted by Gasteiger charge is 2.27. The van der Waals surface area contributed by atoms with Gasteiger partial charge in [-0.1, -0.05) is 26.0 Å². The molecule has 1 aromatic heterocycles. The Morgan fingerprint density at radius 1 is 1.22 bits per heavy atom. The molecule has 0 radical (unpaired) electrons. The van der Waals surface area contributed by atoms with E-state index in [0.717, 1.165) is 16.2 Å². The molecule has 1 saturated carbocycles. The van der Waals surface area contributed by atoms with Crippen molar-refractivity contribution in [2.75, 3.05) is 0 Å². The van der Waals surface area contributed by atoms with Crippen molar-refractivity contribution in [3.05, 3.63) is 29.0 Å². The van der Waals surface area contributed by atoms with Crippen LogP contribution in [-0.2, 0) is 0 Å². The first-order valence-corrected chi connectivity index (χ1v) is 7.27. The lowest BCUT2D eigenvalue weighted by molar-refractivity contribution is 0.210. The molecule has 1 aromatic carbocycles. The number of benzene rings is 1. The molecule has 1 aliphatic rings. The van der Waals surface area contributed by atoms with Gasteiger partial charge in [0.25, 0.3) is 0 Å². The Hall–Kier alpha value is -1.09. The number of hydrogen-bond donors (Lipinski definition) is 1. The van der Waals surface area contributed by atoms with Crippen LogP contribution >= 0.6 is 12.2 Å². The smallest absolute Gasteiger partial charge is 0.178 e. The first-order chi connectivity index (χ1) is 8.66. The molecule has 2 aromatic rings. The van der Waals surface area contributed by atoms with Crippen molar-refractivity contribution >= 4 is 23.3 Å². The van der Waals surface area contributed by atoms with Gasteiger partial charge in [-0.25, -0.2) is 0 Å². The topological polar surface area (TPSA) is 20.7 Å². The maximum atomic E-state index is 5.52. The van der Waals surface area contributed by atoms with Gasteiger partial charge in [0.15, 0.2) is 4.77 Å². The summed E-state index contributed by atoms with van der Waals surface area (Å²) in [7, 11) is 0. The highest BCUT2D eigenvalue weighted by Crippen LogP contribution is 2.38. The van der Waals surface area contributed by atoms with Gasteiger partial charge in [-0.15, -0.1) is 0 Å². The second-order valence-electron chi connectivity index (χ2n) is 5.78. The van der Waals surface area contributed by atoms with Crippen LogP contribution in [0, 0.1) is 16.6 Å². The molecule has 2 nitrogen and oxygen atoms in total. The van der Waals surface area contributed by atoms with E-state index in [4.69, 9.17) is 12.2 Å². The van der Waals surface area contributed by atoms with Crippen LogP contribution in [0.3, 0.4) is 0 Å². The maximum absolute atomic E-state index is 5.52. The van der Waals surface area contributed by atoms with E-state index in [-0.39, 0.29) is 0 Å². The molecule has 1 heterocycles. The summed E-state index contributed by atoms with van der Waals surface area (Å²) in [5.74, 6) is 1.57. The van der Waals surface area contributed by atoms with Crippen molar-refractivity contribution in [3.8, 4) is 0 Å². The standard InChI is InChI=1S/C15H20N2S/c1-10-7-8-13(11(2)9-10)17-14-6-4-3-5-12(14)16-15(17)18/h3-6,10-11,13H,7-9H2,1-2H3,(H,16,18). The molecule has 3 atom stereocenters. The van der Waals surface area contributed by atoms with Crippen molar-refractivity contribution in [2.24, 2.45) is 11.8 Å². The van der Waals surface area contributed by atoms with Crippen LogP contribution in [0.25, 0.3) is 11.0 Å². The average molecular weight is 260 g/mol. The van der Waals surface area contributed by atoms with Gasteiger partial charge in [0.05, 0.1) is 11.0 Å². The molecule has 1 fully saturated rings. The second-order valence-corrected chi connectivity index (χ2v) is 6.17. The third-order valence-electron chi connectivity index (χ3n) is 4.34. The molecule has 0 saturated heterocycles. The quantitative estimate of drug-likeness (QED) is 0.737. The van der Waals surface area contributed by atoms with Crippen LogP contribution in [0.4, 0.5) is 0 Å². The number of nitrogens with one attached hydrogen (secondary N) is 1. The summed E-state index contributed by atoms with van der Waals surface area (Å²) in [4.78, 5) is 3.33. The molecular weight excluding hydrogens is 240 g/mol. The predicted molar refractivity (Wildman–Crippen MR) is 78.3 cm³/mol. The molecule has 0 amide bonds. The van der Waals surface area contributed by atoms with Gasteiger partial charge in [-0.05, 0) is 55.4 Å². The monoisotopic (exact) mass is 260 g/mol. The second kappa shape index (κ2) is 4.54. The predicted octanol–water partition coefficient (Wildman–Crippen LogP) is 4.70. The van der Waals surface area contributed by atoms with Gasteiger partial charge in [0, 0.05) is 6.04 Å². The van der Waals surface area contributed by atoms with Crippen molar-refractivity contribution in [2.45, 2.75) is 39.2 Å². The van der Waals surface area contributed by atoms with Gasteiger partial charge in [-0.2, -0.15) is 0 Å². The van der Waals surface area contributed by atoms with Gasteiger partial charge in [0.2, 0.25) is 0 Å². The number of para-hydroxylation sites is 2. The Balaban J connectivity index is 2.09. The Labute approximate surface area is 113 Å². The van der Waals surface area contributed by atoms with E-state index < -0.39 is 0 Å². The summed E-state index contributed by atoms with van der Waals surface area (Å²) < 4.78 is 3.23. The summed E-state index contributed by atoms with van der Waals surface area (Å²) in [6.45, 7) is 4.73. The average Bonchev–Trinajstić information content (AvgIpc) is 2.66. The van der Waals surface area contributed by atoms with Crippen LogP contribution in [0.5, 0.6) is 0 Å². The first-order valence-electron chi connectivity index (χ1n) is 6.86. The van der Waals surface area contributed by atoms with Gasteiger partial charge in [0.1, 0.15) is 0 Å². The summed E-state index contributed by atoms with van der Waals surface area (Å²) in [6, 6.07) is 9.00. The molecule has 1 aliphatic carbocycles. The third-order valence-corrected chi connectivity index (χ3v) is 4.64. The Kier molecular flexibility index (Phi) is 3.02. The largest absolute Gasteiger partial charge is 0.331 e. The highest BCUT2D eigenvalue weighted by atomic mass is 32.1. The van der Waals surface area contributed by atoms with E-state index in [1.807, 2.05) is 0 Å². The number of nitrogens with zero attached hydrogens (tertiary/aromatic N) is 1. The SMILES string of the molecule is CC1CCC(n2c(=S)[nH]c3ccccc32)C(C)C1. The van der Waals surface area contributed by atoms with Crippen LogP contribution in [-0.4, -0.2) is 9.55 Å². The molecule has 96 valence electrons. The number of H-pyrrole nitrogens is 1. The highest BCUT2D eigenvalue weighted by molar-refractivity contribution is 7.71. The molecule has 1 N–H and O–H groups in total. The lowest BCUT2D eigenvalue weighted by Crippen LogP contribution is -2.24. The number of hydrogen-bond acceptors (Lipinski definition) is 1. The summed E-state index contributed by atoms with van der Waals surface area (Å²) in [5, 5.41) is 0. The zero-order valence-electron chi connectivity index (χ0n) is 11.0. The normalized spacial score (nSPS) is 28.7. The summed E-state index contributed by atoms with van der Waals surface area (Å²) in [5.41, 5.74) is 2.42. The van der Waals surface area contributed by atoms with Crippen molar-refractivity contribution in [1.29, 1.82) is 0 Å². The molecule has 3 rings (SSSR count). The zero-order valence-corrected chi connectivity index (χ0v) is 11.8. The van der Waals surface area contributed by atoms with Crippen LogP contribution in [0.1, 0.15) is 39.2 Å². The first kappa shape index (κ1) is 12.0. The fraction of sp³-hybridized carbons (Fsp3) is 0.533. The lowest BCUT2D eigenvalue weighted by atomic mass is 9.79. The minimum Gasteiger partial charge on any atom is -0.331 e. The summed E-state index contributed by atoms with van der Waals surface area (Å²) >= 11 is 5.52. The van der Waals surface area contributed by atoms with Gasteiger partial charge in [-0.3, -0.25) is 0 Å². The van der Waals surface area contributed by atoms with E-state index in [2.05, 4.69) is 47.7 Å². The van der Waals surface area contributed by atoms with Gasteiger partial charge < -0.3 is 9.55 Å². The van der Waals surface area contributed by atoms with E-state index in [1.165, 1.54) is 24.8 Å². The number of aromatic nitrogens is 2. The van der Waals surface area contributed by atoms with E-state index in [9.17, 15) is 0 Å². The lowest BCUT2D eigenvalue weighted by Gasteiger charge is -2.33. The molecule has 18 heavy (non-hydrogen) atoms. The van der Waals surface area contributed by atoms with Crippen molar-refractivity contribution in [1.82, 2.24) is 9.55 Å². The molecule has 0 spiro atoms. The van der Waals surface area contributed by atoms with E-state index in [0.29, 0.717) is 12.0 Å². The van der Waals surface area contributed by atoms with E-state index >= 15 is 0 Å². The van der Waals surface area contributed by atoms with Crippen molar-refractivity contribution < 1.29 is 0 Å². The minimum atomic E-state index is 0.560. The number of rotatable bonds is 1. The van der Waals surface area contributed by atoms with E-state index in [1.54, 1.807) is 0 Å². The molecule has 0 bridgehead atoms. The van der Waals surface area contributed by atoms with Crippen LogP contribution in [0.2, 0.25) is 0 Å². The van der Waals surface area contributed by atoms with Crippen LogP contribution < -0.4 is 0 Å². The fourth-order valence-corrected chi connectivity index (χ4v) is 3.78. The maximum Gasteiger partial charge on any atom is 0.178 e. The number of fused-ring (bicyclic) bond motifs is 1. The molecular formula is C15H20N2S. The van der Waals surface area contributed by atoms with Crippen molar-refractivity contribution in [3.63, 3.8) is 0 Å². The fourth-order valence-electron chi connectivity index (χ4n) is 3.44. The molecule has 3 heteroatoms. The number of imidazole rings is 1. The molecule has 3 unspecified atom stereocenters.